The summed E-state index contributed by atoms with van der Waals surface area (Å²) in [4.78, 5) is 21.1. The Hall–Kier alpha value is -3.19. The molecule has 0 atom stereocenters. The molecule has 4 aromatic rings. The molecule has 0 aliphatic carbocycles. The Kier molecular flexibility index (Phi) is 5.08. The summed E-state index contributed by atoms with van der Waals surface area (Å²) in [6, 6.07) is 13.7. The molecule has 0 saturated carbocycles. The zero-order chi connectivity index (χ0) is 19.5. The van der Waals surface area contributed by atoms with E-state index in [1.54, 1.807) is 18.0 Å². The molecule has 0 aliphatic heterocycles. The number of nitrogens with zero attached hydrogens (tertiary/aromatic N) is 3. The van der Waals surface area contributed by atoms with E-state index in [0.717, 1.165) is 44.2 Å². The van der Waals surface area contributed by atoms with Crippen LogP contribution in [0.25, 0.3) is 11.0 Å². The number of aromatic nitrogens is 4. The molecule has 1 amide bonds. The fraction of sp³-hybridized carbons (Fsp3) is 0.143. The minimum atomic E-state index is -0.104. The molecule has 0 fully saturated rings. The number of amides is 1. The van der Waals surface area contributed by atoms with Crippen molar-refractivity contribution in [3.63, 3.8) is 0 Å². The van der Waals surface area contributed by atoms with E-state index in [0.29, 0.717) is 5.56 Å². The summed E-state index contributed by atoms with van der Waals surface area (Å²) in [6.45, 7) is 3.98. The number of carbonyl (C=O) groups is 1. The Bertz CT molecular complexity index is 1130. The van der Waals surface area contributed by atoms with Crippen molar-refractivity contribution in [2.45, 2.75) is 24.6 Å². The van der Waals surface area contributed by atoms with E-state index in [4.69, 9.17) is 0 Å². The third-order valence-electron chi connectivity index (χ3n) is 4.26. The highest BCUT2D eigenvalue weighted by atomic mass is 32.2. The lowest BCUT2D eigenvalue weighted by Gasteiger charge is -2.09. The van der Waals surface area contributed by atoms with E-state index in [9.17, 15) is 4.79 Å². The summed E-state index contributed by atoms with van der Waals surface area (Å²) in [5.41, 5.74) is 5.42. The first-order valence-corrected chi connectivity index (χ1v) is 9.82. The first kappa shape index (κ1) is 18.2. The maximum atomic E-state index is 12.6. The van der Waals surface area contributed by atoms with E-state index in [-0.39, 0.29) is 5.91 Å². The highest BCUT2D eigenvalue weighted by Crippen LogP contribution is 2.27. The largest absolute Gasteiger partial charge is 0.322 e. The van der Waals surface area contributed by atoms with Gasteiger partial charge in [0.1, 0.15) is 11.4 Å². The maximum Gasteiger partial charge on any atom is 0.255 e. The number of H-pyrrole nitrogens is 1. The summed E-state index contributed by atoms with van der Waals surface area (Å²) in [6.07, 6.45) is 3.27. The quantitative estimate of drug-likeness (QED) is 0.387. The molecule has 0 aliphatic rings. The maximum absolute atomic E-state index is 12.6. The standard InChI is InChI=1S/C21H19N5OS/c1-13-6-14(2)8-16(7-13)20(27)25-17-5-3-4-15(9-17)11-28-21-18-10-24-26-19(18)22-12-23-21/h3-10,12H,11H2,1-2H3,(H,25,27)(H,22,23,24,26). The van der Waals surface area contributed by atoms with Crippen molar-refractivity contribution in [2.75, 3.05) is 5.32 Å². The molecule has 2 aromatic carbocycles. The summed E-state index contributed by atoms with van der Waals surface area (Å²) >= 11 is 1.61. The molecule has 0 unspecified atom stereocenters. The van der Waals surface area contributed by atoms with Gasteiger partial charge in [-0.25, -0.2) is 9.97 Å². The SMILES string of the molecule is Cc1cc(C)cc(C(=O)Nc2cccc(CSc3ncnc4[nH]ncc34)c2)c1. The van der Waals surface area contributed by atoms with Crippen LogP contribution in [0.5, 0.6) is 0 Å². The van der Waals surface area contributed by atoms with E-state index >= 15 is 0 Å². The number of aryl methyl sites for hydroxylation is 2. The highest BCUT2D eigenvalue weighted by molar-refractivity contribution is 7.98. The van der Waals surface area contributed by atoms with Crippen LogP contribution in [0.4, 0.5) is 5.69 Å². The Morgan fingerprint density at radius 3 is 2.75 bits per heavy atom. The number of fused-ring (bicyclic) bond motifs is 1. The van der Waals surface area contributed by atoms with Gasteiger partial charge in [0, 0.05) is 17.0 Å². The zero-order valence-electron chi connectivity index (χ0n) is 15.6. The molecule has 140 valence electrons. The molecular weight excluding hydrogens is 370 g/mol. The normalized spacial score (nSPS) is 10.9. The molecule has 2 N–H and O–H groups in total. The Morgan fingerprint density at radius 2 is 1.93 bits per heavy atom. The Balaban J connectivity index is 1.47. The van der Waals surface area contributed by atoms with Gasteiger partial charge < -0.3 is 5.32 Å². The lowest BCUT2D eigenvalue weighted by atomic mass is 10.1. The Labute approximate surface area is 166 Å². The molecule has 7 heteroatoms. The second-order valence-electron chi connectivity index (χ2n) is 6.63. The van der Waals surface area contributed by atoms with Crippen molar-refractivity contribution in [1.29, 1.82) is 0 Å². The van der Waals surface area contributed by atoms with Crippen LogP contribution in [0.1, 0.15) is 27.0 Å². The Morgan fingerprint density at radius 1 is 1.11 bits per heavy atom. The van der Waals surface area contributed by atoms with Gasteiger partial charge in [0.2, 0.25) is 0 Å². The number of carbonyl (C=O) groups excluding carboxylic acids is 1. The van der Waals surface area contributed by atoms with Crippen LogP contribution < -0.4 is 5.32 Å². The topological polar surface area (TPSA) is 83.6 Å². The first-order chi connectivity index (χ1) is 13.6. The van der Waals surface area contributed by atoms with E-state index < -0.39 is 0 Å². The third kappa shape index (κ3) is 4.04. The second-order valence-corrected chi connectivity index (χ2v) is 7.59. The van der Waals surface area contributed by atoms with Gasteiger partial charge in [-0.05, 0) is 43.7 Å². The van der Waals surface area contributed by atoms with Crippen molar-refractivity contribution >= 4 is 34.4 Å². The van der Waals surface area contributed by atoms with Gasteiger partial charge in [0.15, 0.2) is 5.65 Å². The van der Waals surface area contributed by atoms with Crippen LogP contribution in [0, 0.1) is 13.8 Å². The fourth-order valence-corrected chi connectivity index (χ4v) is 3.97. The molecule has 0 saturated heterocycles. The fourth-order valence-electron chi connectivity index (χ4n) is 3.06. The molecule has 4 rings (SSSR count). The second kappa shape index (κ2) is 7.82. The molecule has 2 aromatic heterocycles. The average molecular weight is 389 g/mol. The molecule has 2 heterocycles. The van der Waals surface area contributed by atoms with Crippen molar-refractivity contribution in [1.82, 2.24) is 20.2 Å². The number of nitrogens with one attached hydrogen (secondary N) is 2. The van der Waals surface area contributed by atoms with Gasteiger partial charge in [0.25, 0.3) is 5.91 Å². The number of aromatic amines is 1. The molecule has 0 radical (unpaired) electrons. The highest BCUT2D eigenvalue weighted by Gasteiger charge is 2.09. The van der Waals surface area contributed by atoms with Crippen molar-refractivity contribution in [2.24, 2.45) is 0 Å². The van der Waals surface area contributed by atoms with Gasteiger partial charge in [0.05, 0.1) is 11.6 Å². The van der Waals surface area contributed by atoms with Crippen LogP contribution in [0.15, 0.2) is 60.0 Å². The number of thioether (sulfide) groups is 1. The summed E-state index contributed by atoms with van der Waals surface area (Å²) < 4.78 is 0. The lowest BCUT2D eigenvalue weighted by Crippen LogP contribution is -2.12. The number of hydrogen-bond donors (Lipinski definition) is 2. The number of anilines is 1. The van der Waals surface area contributed by atoms with E-state index in [2.05, 4.69) is 31.5 Å². The summed E-state index contributed by atoms with van der Waals surface area (Å²) in [5.74, 6) is 0.623. The lowest BCUT2D eigenvalue weighted by molar-refractivity contribution is 0.102. The van der Waals surface area contributed by atoms with E-state index in [1.165, 1.54) is 6.33 Å². The van der Waals surface area contributed by atoms with Gasteiger partial charge in [-0.2, -0.15) is 5.10 Å². The van der Waals surface area contributed by atoms with Crippen molar-refractivity contribution in [3.05, 3.63) is 77.2 Å². The summed E-state index contributed by atoms with van der Waals surface area (Å²) in [5, 5.41) is 11.6. The number of benzene rings is 2. The van der Waals surface area contributed by atoms with E-state index in [1.807, 2.05) is 50.2 Å². The first-order valence-electron chi connectivity index (χ1n) is 8.84. The predicted octanol–water partition coefficient (Wildman–Crippen LogP) is 4.51. The minimum Gasteiger partial charge on any atom is -0.322 e. The van der Waals surface area contributed by atoms with Crippen molar-refractivity contribution < 1.29 is 4.79 Å². The van der Waals surface area contributed by atoms with Gasteiger partial charge >= 0.3 is 0 Å². The van der Waals surface area contributed by atoms with Crippen LogP contribution in [-0.4, -0.2) is 26.1 Å². The van der Waals surface area contributed by atoms with Crippen LogP contribution >= 0.6 is 11.8 Å². The summed E-state index contributed by atoms with van der Waals surface area (Å²) in [7, 11) is 0. The minimum absolute atomic E-state index is 0.104. The molecule has 6 nitrogen and oxygen atoms in total. The van der Waals surface area contributed by atoms with Gasteiger partial charge in [-0.1, -0.05) is 29.3 Å². The predicted molar refractivity (Wildman–Crippen MR) is 112 cm³/mol. The van der Waals surface area contributed by atoms with Gasteiger partial charge in [-0.3, -0.25) is 9.89 Å². The average Bonchev–Trinajstić information content (AvgIpc) is 3.15. The number of hydrogen-bond acceptors (Lipinski definition) is 5. The molecular formula is C21H19N5OS. The monoisotopic (exact) mass is 389 g/mol. The number of rotatable bonds is 5. The van der Waals surface area contributed by atoms with Gasteiger partial charge in [-0.15, -0.1) is 11.8 Å². The molecule has 0 spiro atoms. The zero-order valence-corrected chi connectivity index (χ0v) is 16.4. The molecule has 0 bridgehead atoms. The molecule has 28 heavy (non-hydrogen) atoms. The smallest absolute Gasteiger partial charge is 0.255 e. The van der Waals surface area contributed by atoms with Crippen molar-refractivity contribution in [3.8, 4) is 0 Å². The van der Waals surface area contributed by atoms with Crippen LogP contribution in [0.3, 0.4) is 0 Å². The third-order valence-corrected chi connectivity index (χ3v) is 5.33. The van der Waals surface area contributed by atoms with Crippen LogP contribution in [-0.2, 0) is 5.75 Å². The van der Waals surface area contributed by atoms with Crippen LogP contribution in [0.2, 0.25) is 0 Å².